The monoisotopic (exact) mass is 543 g/mol. The topological polar surface area (TPSA) is 64.1 Å². The van der Waals surface area contributed by atoms with Crippen LogP contribution in [-0.2, 0) is 0 Å². The Morgan fingerprint density at radius 3 is 2.25 bits per heavy atom. The molecule has 32 heavy (non-hydrogen) atoms. The van der Waals surface area contributed by atoms with Crippen molar-refractivity contribution < 1.29 is 19.0 Å². The van der Waals surface area contributed by atoms with Crippen LogP contribution in [0.4, 0.5) is 5.13 Å². The second kappa shape index (κ2) is 11.7. The smallest absolute Gasteiger partial charge is 0.260 e. The molecule has 0 fully saturated rings. The Bertz CT molecular complexity index is 1050. The van der Waals surface area contributed by atoms with Gasteiger partial charge in [-0.15, -0.1) is 12.4 Å². The van der Waals surface area contributed by atoms with Crippen molar-refractivity contribution in [3.05, 3.63) is 40.4 Å². The number of methoxy groups -OCH3 is 3. The number of thiazole rings is 1. The normalized spacial score (nSPS) is 10.7. The van der Waals surface area contributed by atoms with Gasteiger partial charge < -0.3 is 19.1 Å². The third kappa shape index (κ3) is 5.83. The standard InChI is InChI=1S/C22H26BrN3O4S.ClH/c1-25(2)9-6-10-26(22-24-16-8-7-15(23)13-19(16)31-22)21(27)14-11-17(28-3)20(30-5)18(12-14)29-4;/h7-8,11-13H,6,9-10H2,1-5H3;1H. The van der Waals surface area contributed by atoms with Gasteiger partial charge in [-0.2, -0.15) is 0 Å². The van der Waals surface area contributed by atoms with Gasteiger partial charge in [-0.1, -0.05) is 27.3 Å². The number of ether oxygens (including phenoxy) is 3. The second-order valence-corrected chi connectivity index (χ2v) is 9.06. The van der Waals surface area contributed by atoms with Crippen molar-refractivity contribution in [1.82, 2.24) is 9.88 Å². The maximum atomic E-state index is 13.6. The average molecular weight is 545 g/mol. The fraction of sp³-hybridized carbons (Fsp3) is 0.364. The number of aromatic nitrogens is 1. The molecule has 3 aromatic rings. The first-order chi connectivity index (χ1) is 14.9. The van der Waals surface area contributed by atoms with E-state index in [2.05, 4.69) is 20.8 Å². The van der Waals surface area contributed by atoms with E-state index in [1.807, 2.05) is 32.3 Å². The number of carbonyl (C=O) groups excluding carboxylic acids is 1. The molecule has 0 N–H and O–H groups in total. The Labute approximate surface area is 206 Å². The Kier molecular flexibility index (Phi) is 9.57. The lowest BCUT2D eigenvalue weighted by Crippen LogP contribution is -2.33. The molecular weight excluding hydrogens is 518 g/mol. The van der Waals surface area contributed by atoms with Crippen LogP contribution in [0.2, 0.25) is 0 Å². The number of fused-ring (bicyclic) bond motifs is 1. The van der Waals surface area contributed by atoms with E-state index in [4.69, 9.17) is 19.2 Å². The molecule has 1 heterocycles. The summed E-state index contributed by atoms with van der Waals surface area (Å²) in [5.41, 5.74) is 1.30. The van der Waals surface area contributed by atoms with E-state index >= 15 is 0 Å². The van der Waals surface area contributed by atoms with Crippen LogP contribution in [-0.4, -0.2) is 64.3 Å². The molecule has 7 nitrogen and oxygen atoms in total. The van der Waals surface area contributed by atoms with Gasteiger partial charge in [-0.3, -0.25) is 9.69 Å². The molecular formula is C22H27BrClN3O4S. The Balaban J connectivity index is 0.00000363. The maximum Gasteiger partial charge on any atom is 0.260 e. The summed E-state index contributed by atoms with van der Waals surface area (Å²) >= 11 is 4.99. The molecule has 1 aromatic heterocycles. The minimum Gasteiger partial charge on any atom is -0.493 e. The molecule has 0 aliphatic rings. The van der Waals surface area contributed by atoms with Gasteiger partial charge in [-0.25, -0.2) is 4.98 Å². The molecule has 0 radical (unpaired) electrons. The highest BCUT2D eigenvalue weighted by Gasteiger charge is 2.24. The van der Waals surface area contributed by atoms with E-state index in [0.29, 0.717) is 34.5 Å². The van der Waals surface area contributed by atoms with Gasteiger partial charge in [0.15, 0.2) is 16.6 Å². The Morgan fingerprint density at radius 2 is 1.69 bits per heavy atom. The summed E-state index contributed by atoms with van der Waals surface area (Å²) in [7, 11) is 8.63. The van der Waals surface area contributed by atoms with E-state index in [0.717, 1.165) is 27.7 Å². The number of hydrogen-bond donors (Lipinski definition) is 0. The van der Waals surface area contributed by atoms with Gasteiger partial charge in [0.25, 0.3) is 5.91 Å². The largest absolute Gasteiger partial charge is 0.493 e. The van der Waals surface area contributed by atoms with Crippen LogP contribution < -0.4 is 19.1 Å². The number of rotatable bonds is 9. The van der Waals surface area contributed by atoms with Crippen LogP contribution in [0.15, 0.2) is 34.8 Å². The lowest BCUT2D eigenvalue weighted by atomic mass is 10.1. The van der Waals surface area contributed by atoms with E-state index in [9.17, 15) is 4.79 Å². The van der Waals surface area contributed by atoms with Crippen molar-refractivity contribution in [2.45, 2.75) is 6.42 Å². The Hall–Kier alpha value is -2.07. The number of hydrogen-bond acceptors (Lipinski definition) is 7. The summed E-state index contributed by atoms with van der Waals surface area (Å²) in [6.45, 7) is 1.39. The van der Waals surface area contributed by atoms with Gasteiger partial charge in [0.1, 0.15) is 0 Å². The molecule has 0 bridgehead atoms. The first-order valence-electron chi connectivity index (χ1n) is 9.70. The van der Waals surface area contributed by atoms with Crippen LogP contribution in [0.3, 0.4) is 0 Å². The summed E-state index contributed by atoms with van der Waals surface area (Å²) in [4.78, 5) is 22.2. The number of amides is 1. The molecule has 174 valence electrons. The van der Waals surface area contributed by atoms with E-state index in [-0.39, 0.29) is 18.3 Å². The van der Waals surface area contributed by atoms with Crippen molar-refractivity contribution >= 4 is 60.9 Å². The number of anilines is 1. The quantitative estimate of drug-likeness (QED) is 0.373. The van der Waals surface area contributed by atoms with Crippen molar-refractivity contribution in [2.75, 3.05) is 53.4 Å². The van der Waals surface area contributed by atoms with Crippen LogP contribution in [0, 0.1) is 0 Å². The van der Waals surface area contributed by atoms with Gasteiger partial charge in [0, 0.05) is 16.6 Å². The number of halogens is 2. The third-order valence-electron chi connectivity index (χ3n) is 4.71. The summed E-state index contributed by atoms with van der Waals surface area (Å²) in [6, 6.07) is 9.25. The van der Waals surface area contributed by atoms with Gasteiger partial charge in [0.05, 0.1) is 31.5 Å². The van der Waals surface area contributed by atoms with Gasteiger partial charge in [0.2, 0.25) is 5.75 Å². The molecule has 0 unspecified atom stereocenters. The van der Waals surface area contributed by atoms with Crippen LogP contribution in [0.25, 0.3) is 10.2 Å². The number of carbonyl (C=O) groups is 1. The highest BCUT2D eigenvalue weighted by Crippen LogP contribution is 2.39. The molecule has 0 aliphatic heterocycles. The summed E-state index contributed by atoms with van der Waals surface area (Å²) in [5, 5.41) is 0.658. The minimum atomic E-state index is -0.170. The second-order valence-electron chi connectivity index (χ2n) is 7.14. The zero-order valence-electron chi connectivity index (χ0n) is 18.7. The lowest BCUT2D eigenvalue weighted by molar-refractivity contribution is 0.0985. The summed E-state index contributed by atoms with van der Waals surface area (Å²) < 4.78 is 18.2. The number of benzene rings is 2. The van der Waals surface area contributed by atoms with Gasteiger partial charge in [-0.05, 0) is 57.4 Å². The van der Waals surface area contributed by atoms with E-state index in [1.54, 1.807) is 17.0 Å². The molecule has 1 amide bonds. The highest BCUT2D eigenvalue weighted by atomic mass is 79.9. The zero-order chi connectivity index (χ0) is 22.5. The minimum absolute atomic E-state index is 0. The molecule has 3 rings (SSSR count). The molecule has 0 saturated heterocycles. The number of nitrogens with zero attached hydrogens (tertiary/aromatic N) is 3. The van der Waals surface area contributed by atoms with E-state index in [1.165, 1.54) is 32.7 Å². The predicted octanol–water partition coefficient (Wildman–Crippen LogP) is 5.10. The van der Waals surface area contributed by atoms with Crippen molar-refractivity contribution in [2.24, 2.45) is 0 Å². The fourth-order valence-corrected chi connectivity index (χ4v) is 4.73. The van der Waals surface area contributed by atoms with Crippen LogP contribution >= 0.6 is 39.7 Å². The van der Waals surface area contributed by atoms with Crippen LogP contribution in [0.5, 0.6) is 17.2 Å². The maximum absolute atomic E-state index is 13.6. The molecule has 0 saturated carbocycles. The molecule has 0 atom stereocenters. The predicted molar refractivity (Wildman–Crippen MR) is 136 cm³/mol. The fourth-order valence-electron chi connectivity index (χ4n) is 3.19. The third-order valence-corrected chi connectivity index (χ3v) is 6.25. The molecule has 2 aromatic carbocycles. The molecule has 0 spiro atoms. The van der Waals surface area contributed by atoms with Crippen molar-refractivity contribution in [3.63, 3.8) is 0 Å². The van der Waals surface area contributed by atoms with E-state index < -0.39 is 0 Å². The first-order valence-corrected chi connectivity index (χ1v) is 11.3. The van der Waals surface area contributed by atoms with Crippen molar-refractivity contribution in [3.8, 4) is 17.2 Å². The average Bonchev–Trinajstić information content (AvgIpc) is 3.17. The SMILES string of the molecule is COc1cc(C(=O)N(CCCN(C)C)c2nc3ccc(Br)cc3s2)cc(OC)c1OC.Cl. The lowest BCUT2D eigenvalue weighted by Gasteiger charge is -2.22. The Morgan fingerprint density at radius 1 is 1.03 bits per heavy atom. The summed E-state index contributed by atoms with van der Waals surface area (Å²) in [5.74, 6) is 1.15. The van der Waals surface area contributed by atoms with Crippen molar-refractivity contribution in [1.29, 1.82) is 0 Å². The summed E-state index contributed by atoms with van der Waals surface area (Å²) in [6.07, 6.45) is 0.808. The first kappa shape index (κ1) is 26.2. The molecule has 0 aliphatic carbocycles. The zero-order valence-corrected chi connectivity index (χ0v) is 21.9. The highest BCUT2D eigenvalue weighted by molar-refractivity contribution is 9.10. The van der Waals surface area contributed by atoms with Gasteiger partial charge >= 0.3 is 0 Å². The van der Waals surface area contributed by atoms with Crippen LogP contribution in [0.1, 0.15) is 16.8 Å². The molecule has 10 heteroatoms.